The fourth-order valence-corrected chi connectivity index (χ4v) is 3.51. The van der Waals surface area contributed by atoms with Crippen molar-refractivity contribution in [1.29, 1.82) is 0 Å². The molecule has 1 aliphatic heterocycles. The van der Waals surface area contributed by atoms with Crippen LogP contribution in [0, 0.1) is 0 Å². The first-order chi connectivity index (χ1) is 9.22. The van der Waals surface area contributed by atoms with E-state index in [1.54, 1.807) is 11.8 Å². The topological polar surface area (TPSA) is 40.1 Å². The van der Waals surface area contributed by atoms with Gasteiger partial charge in [0.25, 0.3) is 0 Å². The molecule has 20 heavy (non-hydrogen) atoms. The number of carboxylic acid groups (broad SMARTS) is 1. The van der Waals surface area contributed by atoms with E-state index in [1.165, 1.54) is 20.9 Å². The third-order valence-corrected chi connectivity index (χ3v) is 4.57. The van der Waals surface area contributed by atoms with Gasteiger partial charge in [-0.05, 0) is 41.7 Å². The minimum Gasteiger partial charge on any atom is -0.550 e. The van der Waals surface area contributed by atoms with Gasteiger partial charge in [-0.15, -0.1) is 0 Å². The van der Waals surface area contributed by atoms with Crippen LogP contribution < -0.4 is 56.5 Å². The summed E-state index contributed by atoms with van der Waals surface area (Å²) in [5.74, 6) is -1.02. The fourth-order valence-electron chi connectivity index (χ4n) is 2.40. The minimum absolute atomic E-state index is 0. The first kappa shape index (κ1) is 16.3. The number of carbonyl (C=O) groups is 1. The van der Waals surface area contributed by atoms with Crippen molar-refractivity contribution in [3.05, 3.63) is 59.2 Å². The van der Waals surface area contributed by atoms with Crippen molar-refractivity contribution in [3.63, 3.8) is 0 Å². The molecule has 3 rings (SSSR count). The maximum Gasteiger partial charge on any atom is 1.00 e. The molecule has 1 heterocycles. The summed E-state index contributed by atoms with van der Waals surface area (Å²) in [6.45, 7) is 0. The number of carbonyl (C=O) groups excluding carboxylic acids is 1. The Bertz CT molecular complexity index is 640. The number of aliphatic carboxylic acids is 1. The molecule has 4 heteroatoms. The molecule has 0 N–H and O–H groups in total. The van der Waals surface area contributed by atoms with Gasteiger partial charge >= 0.3 is 51.4 Å². The van der Waals surface area contributed by atoms with Gasteiger partial charge in [0.1, 0.15) is 0 Å². The molecule has 0 bridgehead atoms. The number of hydrogen-bond acceptors (Lipinski definition) is 3. The molecule has 2 nitrogen and oxygen atoms in total. The predicted octanol–water partition coefficient (Wildman–Crippen LogP) is -0.767. The van der Waals surface area contributed by atoms with Crippen LogP contribution in [0.4, 0.5) is 0 Å². The van der Waals surface area contributed by atoms with Gasteiger partial charge in [-0.1, -0.05) is 42.1 Å². The van der Waals surface area contributed by atoms with Crippen molar-refractivity contribution in [3.8, 4) is 0 Å². The first-order valence-corrected chi connectivity index (χ1v) is 7.11. The molecule has 0 aromatic heterocycles. The van der Waals surface area contributed by atoms with Crippen molar-refractivity contribution in [2.24, 2.45) is 0 Å². The molecule has 0 radical (unpaired) electrons. The molecule has 0 spiro atoms. The van der Waals surface area contributed by atoms with Crippen molar-refractivity contribution < 1.29 is 61.3 Å². The van der Waals surface area contributed by atoms with E-state index < -0.39 is 5.97 Å². The van der Waals surface area contributed by atoms with E-state index in [0.29, 0.717) is 0 Å². The summed E-state index contributed by atoms with van der Waals surface area (Å²) in [5.41, 5.74) is 3.43. The number of carboxylic acids is 1. The zero-order chi connectivity index (χ0) is 13.2. The molecule has 0 atom stereocenters. The van der Waals surface area contributed by atoms with Gasteiger partial charge in [0, 0.05) is 22.2 Å². The van der Waals surface area contributed by atoms with E-state index in [1.807, 2.05) is 18.2 Å². The van der Waals surface area contributed by atoms with Crippen LogP contribution in [0.25, 0.3) is 0 Å². The summed E-state index contributed by atoms with van der Waals surface area (Å²) in [4.78, 5) is 13.2. The molecule has 0 fully saturated rings. The number of fused-ring (bicyclic) bond motifs is 2. The molecule has 1 aliphatic rings. The Hall–Kier alpha value is -0.104. The Morgan fingerprint density at radius 1 is 1.05 bits per heavy atom. The van der Waals surface area contributed by atoms with E-state index >= 15 is 0 Å². The van der Waals surface area contributed by atoms with Gasteiger partial charge in [0.05, 0.1) is 0 Å². The summed E-state index contributed by atoms with van der Waals surface area (Å²) < 4.78 is 0. The number of benzene rings is 2. The predicted molar refractivity (Wildman–Crippen MR) is 73.1 cm³/mol. The Kier molecular flexibility index (Phi) is 5.90. The van der Waals surface area contributed by atoms with E-state index in [4.69, 9.17) is 0 Å². The molecule has 0 unspecified atom stereocenters. The Balaban J connectivity index is 0.00000147. The Labute approximate surface area is 165 Å². The van der Waals surface area contributed by atoms with Crippen LogP contribution in [0.1, 0.15) is 16.7 Å². The van der Waals surface area contributed by atoms with Crippen molar-refractivity contribution in [2.45, 2.75) is 29.1 Å². The average molecular weight is 308 g/mol. The van der Waals surface area contributed by atoms with E-state index in [2.05, 4.69) is 24.3 Å². The number of rotatable bonds is 2. The quantitative estimate of drug-likeness (QED) is 0.684. The van der Waals surface area contributed by atoms with Crippen LogP contribution in [0.3, 0.4) is 0 Å². The van der Waals surface area contributed by atoms with Gasteiger partial charge < -0.3 is 9.90 Å². The smallest absolute Gasteiger partial charge is 0.550 e. The van der Waals surface area contributed by atoms with Crippen LogP contribution in [0.2, 0.25) is 0 Å². The molecule has 2 aromatic rings. The van der Waals surface area contributed by atoms with Gasteiger partial charge in [0.15, 0.2) is 0 Å². The van der Waals surface area contributed by atoms with Gasteiger partial charge in [-0.3, -0.25) is 0 Å². The minimum atomic E-state index is -1.02. The van der Waals surface area contributed by atoms with Crippen molar-refractivity contribution >= 4 is 17.7 Å². The van der Waals surface area contributed by atoms with Crippen LogP contribution in [0.5, 0.6) is 0 Å². The Morgan fingerprint density at radius 3 is 2.55 bits per heavy atom. The largest absolute Gasteiger partial charge is 1.00 e. The third-order valence-electron chi connectivity index (χ3n) is 3.33. The second-order valence-electron chi connectivity index (χ2n) is 4.70. The monoisotopic (exact) mass is 308 g/mol. The van der Waals surface area contributed by atoms with Gasteiger partial charge in [0.2, 0.25) is 0 Å². The van der Waals surface area contributed by atoms with Crippen molar-refractivity contribution in [1.82, 2.24) is 0 Å². The molecule has 0 aliphatic carbocycles. The fraction of sp³-hybridized carbons (Fsp3) is 0.188. The first-order valence-electron chi connectivity index (χ1n) is 6.30. The molecular formula is C16H13KO2S. The van der Waals surface area contributed by atoms with Crippen LogP contribution >= 0.6 is 11.8 Å². The zero-order valence-electron chi connectivity index (χ0n) is 11.4. The van der Waals surface area contributed by atoms with E-state index in [0.717, 1.165) is 18.4 Å². The summed E-state index contributed by atoms with van der Waals surface area (Å²) in [7, 11) is 0. The molecule has 2 aromatic carbocycles. The normalized spacial score (nSPS) is 12.6. The van der Waals surface area contributed by atoms with Crippen LogP contribution in [-0.4, -0.2) is 5.97 Å². The number of hydrogen-bond donors (Lipinski definition) is 0. The van der Waals surface area contributed by atoms with Crippen LogP contribution in [-0.2, 0) is 24.1 Å². The molecular weight excluding hydrogens is 295 g/mol. The summed E-state index contributed by atoms with van der Waals surface area (Å²) >= 11 is 1.77. The maximum atomic E-state index is 10.7. The SMILES string of the molecule is O=C([O-])Cc1ccc2c(c1)CCc1ccccc1S2.[K+]. The standard InChI is InChI=1S/C16H14O2S.K/c17-16(18)10-11-5-8-15-13(9-11)7-6-12-3-1-2-4-14(12)19-15;/h1-5,8-9H,6-7,10H2,(H,17,18);/q;+1/p-1. The summed E-state index contributed by atoms with van der Waals surface area (Å²) in [5, 5.41) is 10.7. The second-order valence-corrected chi connectivity index (χ2v) is 5.78. The molecule has 96 valence electrons. The van der Waals surface area contributed by atoms with Crippen LogP contribution in [0.15, 0.2) is 52.3 Å². The summed E-state index contributed by atoms with van der Waals surface area (Å²) in [6, 6.07) is 14.3. The van der Waals surface area contributed by atoms with E-state index in [-0.39, 0.29) is 57.8 Å². The molecule has 0 saturated heterocycles. The third kappa shape index (κ3) is 3.75. The number of aryl methyl sites for hydroxylation is 2. The van der Waals surface area contributed by atoms with Gasteiger partial charge in [-0.2, -0.15) is 0 Å². The Morgan fingerprint density at radius 2 is 1.75 bits per heavy atom. The second kappa shape index (κ2) is 7.25. The van der Waals surface area contributed by atoms with Crippen molar-refractivity contribution in [2.75, 3.05) is 0 Å². The maximum absolute atomic E-state index is 10.7. The average Bonchev–Trinajstić information content (AvgIpc) is 2.57. The zero-order valence-corrected chi connectivity index (χ0v) is 15.3. The van der Waals surface area contributed by atoms with E-state index in [9.17, 15) is 9.90 Å². The summed E-state index contributed by atoms with van der Waals surface area (Å²) in [6.07, 6.45) is 1.95. The van der Waals surface area contributed by atoms with Gasteiger partial charge in [-0.25, -0.2) is 0 Å². The molecule has 0 amide bonds. The molecule has 0 saturated carbocycles.